The maximum atomic E-state index is 12.7. The van der Waals surface area contributed by atoms with Gasteiger partial charge in [0.1, 0.15) is 16.7 Å². The molecule has 0 spiro atoms. The molecule has 0 atom stereocenters. The zero-order valence-corrected chi connectivity index (χ0v) is 15.2. The van der Waals surface area contributed by atoms with Crippen molar-refractivity contribution in [2.24, 2.45) is 0 Å². The predicted molar refractivity (Wildman–Crippen MR) is 95.0 cm³/mol. The Bertz CT molecular complexity index is 960. The zero-order chi connectivity index (χ0) is 17.9. The Kier molecular flexibility index (Phi) is 5.55. The average molecular weight is 382 g/mol. The molecule has 0 amide bonds. The van der Waals surface area contributed by atoms with Crippen molar-refractivity contribution in [2.45, 2.75) is 11.8 Å². The second-order valence-electron chi connectivity index (χ2n) is 4.93. The van der Waals surface area contributed by atoms with Crippen LogP contribution in [0.5, 0.6) is 5.75 Å². The van der Waals surface area contributed by atoms with Crippen LogP contribution >= 0.6 is 23.2 Å². The number of methoxy groups -OCH3 is 1. The highest BCUT2D eigenvalue weighted by molar-refractivity contribution is 7.95. The van der Waals surface area contributed by atoms with E-state index in [1.54, 1.807) is 31.4 Å². The summed E-state index contributed by atoms with van der Waals surface area (Å²) in [5.41, 5.74) is 1.38. The minimum absolute atomic E-state index is 0.00598. The van der Waals surface area contributed by atoms with Crippen molar-refractivity contribution in [3.63, 3.8) is 0 Å². The summed E-state index contributed by atoms with van der Waals surface area (Å²) in [5.74, 6) is 0.673. The van der Waals surface area contributed by atoms with Gasteiger partial charge in [-0.15, -0.1) is 0 Å². The van der Waals surface area contributed by atoms with Crippen molar-refractivity contribution in [1.82, 2.24) is 0 Å². The zero-order valence-electron chi connectivity index (χ0n) is 12.9. The van der Waals surface area contributed by atoms with E-state index in [1.807, 2.05) is 6.92 Å². The lowest BCUT2D eigenvalue weighted by Crippen LogP contribution is -2.04. The predicted octanol–water partition coefficient (Wildman–Crippen LogP) is 4.65. The number of hydrogen-bond donors (Lipinski definition) is 0. The summed E-state index contributed by atoms with van der Waals surface area (Å²) < 4.78 is 30.5. The van der Waals surface area contributed by atoms with Crippen molar-refractivity contribution in [3.8, 4) is 11.8 Å². The van der Waals surface area contributed by atoms with Gasteiger partial charge < -0.3 is 4.74 Å². The van der Waals surface area contributed by atoms with Crippen molar-refractivity contribution in [2.75, 3.05) is 7.11 Å². The number of hydrogen-bond acceptors (Lipinski definition) is 4. The highest BCUT2D eigenvalue weighted by Gasteiger charge is 2.24. The summed E-state index contributed by atoms with van der Waals surface area (Å²) in [5, 5.41) is 9.54. The molecule has 0 saturated heterocycles. The Labute approximate surface area is 150 Å². The fraction of sp³-hybridized carbons (Fsp3) is 0.118. The van der Waals surface area contributed by atoms with Crippen LogP contribution in [-0.2, 0) is 9.84 Å². The highest BCUT2D eigenvalue weighted by atomic mass is 35.5. The molecule has 124 valence electrons. The van der Waals surface area contributed by atoms with Gasteiger partial charge in [0.2, 0.25) is 9.84 Å². The van der Waals surface area contributed by atoms with E-state index >= 15 is 0 Å². The lowest BCUT2D eigenvalue weighted by atomic mass is 10.1. The minimum atomic E-state index is -4.08. The van der Waals surface area contributed by atoms with E-state index in [9.17, 15) is 13.7 Å². The van der Waals surface area contributed by atoms with Gasteiger partial charge in [0.05, 0.1) is 17.0 Å². The van der Waals surface area contributed by atoms with Crippen LogP contribution in [0, 0.1) is 18.3 Å². The minimum Gasteiger partial charge on any atom is -0.496 e. The lowest BCUT2D eigenvalue weighted by Gasteiger charge is -2.07. The smallest absolute Gasteiger partial charge is 0.218 e. The summed E-state index contributed by atoms with van der Waals surface area (Å²) in [4.78, 5) is -0.620. The lowest BCUT2D eigenvalue weighted by molar-refractivity contribution is 0.411. The first-order valence-electron chi connectivity index (χ1n) is 6.76. The first kappa shape index (κ1) is 18.3. The number of ether oxygens (including phenoxy) is 1. The third-order valence-corrected chi connectivity index (χ3v) is 5.68. The van der Waals surface area contributed by atoms with E-state index in [-0.39, 0.29) is 14.9 Å². The van der Waals surface area contributed by atoms with E-state index in [2.05, 4.69) is 0 Å². The summed E-state index contributed by atoms with van der Waals surface area (Å²) in [6.45, 7) is 1.82. The molecule has 0 aliphatic carbocycles. The van der Waals surface area contributed by atoms with Crippen LogP contribution in [0.2, 0.25) is 10.0 Å². The summed E-state index contributed by atoms with van der Waals surface area (Å²) in [7, 11) is -2.53. The van der Waals surface area contributed by atoms with Gasteiger partial charge in [0, 0.05) is 5.02 Å². The van der Waals surface area contributed by atoms with E-state index in [0.717, 1.165) is 5.56 Å². The Hall–Kier alpha value is -2.00. The van der Waals surface area contributed by atoms with Gasteiger partial charge in [-0.3, -0.25) is 0 Å². The molecule has 0 aliphatic heterocycles. The van der Waals surface area contributed by atoms with Gasteiger partial charge in [-0.05, 0) is 54.5 Å². The number of halogens is 2. The van der Waals surface area contributed by atoms with Crippen LogP contribution in [0.3, 0.4) is 0 Å². The molecular weight excluding hydrogens is 369 g/mol. The molecule has 0 fully saturated rings. The Morgan fingerprint density at radius 2 is 1.92 bits per heavy atom. The molecule has 0 unspecified atom stereocenters. The van der Waals surface area contributed by atoms with Crippen LogP contribution in [0.4, 0.5) is 0 Å². The largest absolute Gasteiger partial charge is 0.496 e. The second kappa shape index (κ2) is 7.27. The van der Waals surface area contributed by atoms with Crippen LogP contribution in [0.1, 0.15) is 11.1 Å². The highest BCUT2D eigenvalue weighted by Crippen LogP contribution is 2.30. The van der Waals surface area contributed by atoms with E-state index < -0.39 is 14.7 Å². The quantitative estimate of drug-likeness (QED) is 0.722. The molecule has 2 rings (SSSR count). The molecule has 0 heterocycles. The number of benzene rings is 2. The molecule has 24 heavy (non-hydrogen) atoms. The Morgan fingerprint density at radius 1 is 1.21 bits per heavy atom. The maximum absolute atomic E-state index is 12.7. The van der Waals surface area contributed by atoms with Crippen LogP contribution in [0.15, 0.2) is 46.2 Å². The number of nitrogens with zero attached hydrogens (tertiary/aromatic N) is 1. The van der Waals surface area contributed by atoms with E-state index in [1.165, 1.54) is 24.3 Å². The SMILES string of the molecule is COc1ccc(/C=C(\C#N)S(=O)(=O)c2cc(Cl)ccc2Cl)cc1C. The second-order valence-corrected chi connectivity index (χ2v) is 7.66. The van der Waals surface area contributed by atoms with E-state index in [4.69, 9.17) is 27.9 Å². The first-order valence-corrected chi connectivity index (χ1v) is 9.00. The third-order valence-electron chi connectivity index (χ3n) is 3.30. The van der Waals surface area contributed by atoms with Gasteiger partial charge in [-0.25, -0.2) is 8.42 Å². The molecule has 0 radical (unpaired) electrons. The molecule has 2 aromatic carbocycles. The first-order chi connectivity index (χ1) is 11.3. The summed E-state index contributed by atoms with van der Waals surface area (Å²) in [6.07, 6.45) is 1.29. The average Bonchev–Trinajstić information content (AvgIpc) is 2.54. The molecule has 7 heteroatoms. The third kappa shape index (κ3) is 3.73. The van der Waals surface area contributed by atoms with Crippen molar-refractivity contribution < 1.29 is 13.2 Å². The fourth-order valence-electron chi connectivity index (χ4n) is 2.11. The number of aryl methyl sites for hydroxylation is 1. The fourth-order valence-corrected chi connectivity index (χ4v) is 4.03. The maximum Gasteiger partial charge on any atom is 0.218 e. The van der Waals surface area contributed by atoms with Crippen molar-refractivity contribution in [3.05, 3.63) is 62.5 Å². The molecule has 2 aromatic rings. The van der Waals surface area contributed by atoms with E-state index in [0.29, 0.717) is 11.3 Å². The normalized spacial score (nSPS) is 11.9. The van der Waals surface area contributed by atoms with Gasteiger partial charge in [-0.1, -0.05) is 29.3 Å². The molecule has 4 nitrogen and oxygen atoms in total. The molecule has 0 aromatic heterocycles. The van der Waals surface area contributed by atoms with Gasteiger partial charge in [-0.2, -0.15) is 5.26 Å². The van der Waals surface area contributed by atoms with Crippen molar-refractivity contribution in [1.29, 1.82) is 5.26 Å². The molecule has 0 aliphatic rings. The topological polar surface area (TPSA) is 67.2 Å². The van der Waals surface area contributed by atoms with Crippen LogP contribution in [0.25, 0.3) is 6.08 Å². The molecular formula is C17H13Cl2NO3S. The van der Waals surface area contributed by atoms with Gasteiger partial charge >= 0.3 is 0 Å². The summed E-state index contributed by atoms with van der Waals surface area (Å²) >= 11 is 11.8. The van der Waals surface area contributed by atoms with Crippen LogP contribution in [-0.4, -0.2) is 15.5 Å². The monoisotopic (exact) mass is 381 g/mol. The standard InChI is InChI=1S/C17H13Cl2NO3S/c1-11-7-12(3-6-16(11)23-2)8-14(10-20)24(21,22)17-9-13(18)4-5-15(17)19/h3-9H,1-2H3/b14-8+. The van der Waals surface area contributed by atoms with Gasteiger partial charge in [0.15, 0.2) is 0 Å². The van der Waals surface area contributed by atoms with Crippen LogP contribution < -0.4 is 4.74 Å². The number of sulfone groups is 1. The van der Waals surface area contributed by atoms with Crippen molar-refractivity contribution >= 4 is 39.1 Å². The molecule has 0 saturated carbocycles. The Balaban J connectivity index is 2.56. The molecule has 0 N–H and O–H groups in total. The van der Waals surface area contributed by atoms with Gasteiger partial charge in [0.25, 0.3) is 0 Å². The number of allylic oxidation sites excluding steroid dienone is 1. The Morgan fingerprint density at radius 3 is 2.50 bits per heavy atom. The number of nitriles is 1. The number of rotatable bonds is 4. The summed E-state index contributed by atoms with van der Waals surface area (Å²) in [6, 6.07) is 10.9. The molecule has 0 bridgehead atoms.